The van der Waals surface area contributed by atoms with Gasteiger partial charge in [0.2, 0.25) is 0 Å². The van der Waals surface area contributed by atoms with Gasteiger partial charge in [0.1, 0.15) is 6.04 Å². The van der Waals surface area contributed by atoms with Crippen molar-refractivity contribution in [3.8, 4) is 0 Å². The zero-order valence-corrected chi connectivity index (χ0v) is 19.0. The number of ether oxygens (including phenoxy) is 1. The Bertz CT molecular complexity index is 1210. The van der Waals surface area contributed by atoms with Gasteiger partial charge in [0.25, 0.3) is 5.69 Å². The Labute approximate surface area is 200 Å². The van der Waals surface area contributed by atoms with Crippen molar-refractivity contribution in [2.75, 3.05) is 11.9 Å². The molecule has 0 aliphatic carbocycles. The number of carbonyl (C=O) groups excluding carboxylic acids is 3. The van der Waals surface area contributed by atoms with Crippen LogP contribution in [0.15, 0.2) is 72.8 Å². The second-order valence-electron chi connectivity index (χ2n) is 7.48. The fourth-order valence-electron chi connectivity index (χ4n) is 3.15. The Morgan fingerprint density at radius 3 is 2.26 bits per heavy atom. The van der Waals surface area contributed by atoms with Crippen LogP contribution < -0.4 is 5.32 Å². The summed E-state index contributed by atoms with van der Waals surface area (Å²) in [5.41, 5.74) is 1.79. The lowest BCUT2D eigenvalue weighted by Gasteiger charge is -2.20. The zero-order valence-electron chi connectivity index (χ0n) is 18.2. The molecule has 0 radical (unpaired) electrons. The summed E-state index contributed by atoms with van der Waals surface area (Å²) < 4.78 is 5.21. The van der Waals surface area contributed by atoms with Gasteiger partial charge in [-0.1, -0.05) is 48.0 Å². The normalized spacial score (nSPS) is 11.4. The minimum Gasteiger partial charge on any atom is -0.456 e. The number of benzene rings is 3. The van der Waals surface area contributed by atoms with Gasteiger partial charge in [-0.3, -0.25) is 19.7 Å². The van der Waals surface area contributed by atoms with Crippen molar-refractivity contribution in [2.45, 2.75) is 19.4 Å². The minimum absolute atomic E-state index is 0.158. The van der Waals surface area contributed by atoms with Crippen molar-refractivity contribution in [1.82, 2.24) is 0 Å². The van der Waals surface area contributed by atoms with Crippen LogP contribution in [0.1, 0.15) is 32.7 Å². The van der Waals surface area contributed by atoms with Crippen molar-refractivity contribution >= 4 is 40.5 Å². The van der Waals surface area contributed by atoms with Crippen LogP contribution in [0.5, 0.6) is 0 Å². The van der Waals surface area contributed by atoms with Crippen LogP contribution in [0.4, 0.5) is 11.4 Å². The van der Waals surface area contributed by atoms with Gasteiger partial charge in [-0.2, -0.15) is 0 Å². The van der Waals surface area contributed by atoms with Crippen LogP contribution in [0.25, 0.3) is 0 Å². The molecule has 3 aromatic rings. The molecule has 3 aromatic carbocycles. The average Bonchev–Trinajstić information content (AvgIpc) is 2.84. The third kappa shape index (κ3) is 6.49. The Kier molecular flexibility index (Phi) is 8.10. The highest BCUT2D eigenvalue weighted by atomic mass is 35.5. The number of nitrogens with zero attached hydrogens (tertiary/aromatic N) is 1. The monoisotopic (exact) mass is 480 g/mol. The molecule has 9 heteroatoms. The van der Waals surface area contributed by atoms with Crippen LogP contribution in [-0.2, 0) is 9.53 Å². The first-order valence-electron chi connectivity index (χ1n) is 10.3. The van der Waals surface area contributed by atoms with Gasteiger partial charge in [0.15, 0.2) is 18.2 Å². The molecule has 0 fully saturated rings. The highest BCUT2D eigenvalue weighted by Crippen LogP contribution is 2.22. The molecule has 1 atom stereocenters. The number of rotatable bonds is 10. The number of ketones is 2. The fraction of sp³-hybridized carbons (Fsp3) is 0.160. The summed E-state index contributed by atoms with van der Waals surface area (Å²) in [6, 6.07) is 17.5. The minimum atomic E-state index is -1.07. The van der Waals surface area contributed by atoms with E-state index in [0.717, 1.165) is 5.56 Å². The summed E-state index contributed by atoms with van der Waals surface area (Å²) >= 11 is 6.07. The number of aryl methyl sites for hydroxylation is 1. The van der Waals surface area contributed by atoms with E-state index in [-0.39, 0.29) is 23.5 Å². The number of esters is 1. The highest BCUT2D eigenvalue weighted by molar-refractivity contribution is 6.30. The third-order valence-electron chi connectivity index (χ3n) is 5.04. The van der Waals surface area contributed by atoms with Crippen LogP contribution in [-0.4, -0.2) is 35.1 Å². The standard InChI is InChI=1S/C25H21ClN2O6/c1-16-7-10-19(26)13-21(16)27-22(14-23(29)17-5-3-2-4-6-17)25(31)34-15-24(30)18-8-11-20(12-9-18)28(32)33/h2-13,22,27H,14-15H2,1H3/t22-/m0/s1. The topological polar surface area (TPSA) is 116 Å². The van der Waals surface area contributed by atoms with Gasteiger partial charge in [0, 0.05) is 40.4 Å². The molecule has 34 heavy (non-hydrogen) atoms. The summed E-state index contributed by atoms with van der Waals surface area (Å²) in [6.45, 7) is 1.24. The average molecular weight is 481 g/mol. The van der Waals surface area contributed by atoms with Crippen LogP contribution in [0, 0.1) is 17.0 Å². The number of anilines is 1. The van der Waals surface area contributed by atoms with Gasteiger partial charge in [-0.05, 0) is 36.8 Å². The Hall–Kier alpha value is -4.04. The summed E-state index contributed by atoms with van der Waals surface area (Å²) in [6.07, 6.45) is -0.208. The number of non-ortho nitro benzene ring substituents is 1. The van der Waals surface area contributed by atoms with Crippen LogP contribution >= 0.6 is 11.6 Å². The maximum Gasteiger partial charge on any atom is 0.329 e. The first-order chi connectivity index (χ1) is 16.2. The molecule has 0 aliphatic rings. The van der Waals surface area contributed by atoms with E-state index < -0.39 is 29.3 Å². The number of nitro benzene ring substituents is 1. The van der Waals surface area contributed by atoms with Gasteiger partial charge in [-0.15, -0.1) is 0 Å². The molecule has 0 unspecified atom stereocenters. The molecule has 0 spiro atoms. The van der Waals surface area contributed by atoms with E-state index in [0.29, 0.717) is 16.3 Å². The quantitative estimate of drug-likeness (QED) is 0.187. The number of halogens is 1. The third-order valence-corrected chi connectivity index (χ3v) is 5.28. The Morgan fingerprint density at radius 1 is 0.971 bits per heavy atom. The number of hydrogen-bond acceptors (Lipinski definition) is 7. The van der Waals surface area contributed by atoms with E-state index in [4.69, 9.17) is 16.3 Å². The van der Waals surface area contributed by atoms with Gasteiger partial charge >= 0.3 is 5.97 Å². The van der Waals surface area contributed by atoms with E-state index in [1.165, 1.54) is 24.3 Å². The van der Waals surface area contributed by atoms with E-state index in [1.54, 1.807) is 48.5 Å². The van der Waals surface area contributed by atoms with Crippen molar-refractivity contribution in [3.05, 3.63) is 105 Å². The molecule has 174 valence electrons. The van der Waals surface area contributed by atoms with Gasteiger partial charge in [-0.25, -0.2) is 4.79 Å². The highest BCUT2D eigenvalue weighted by Gasteiger charge is 2.26. The first kappa shape index (κ1) is 24.6. The maximum atomic E-state index is 12.9. The SMILES string of the molecule is Cc1ccc(Cl)cc1N[C@@H](CC(=O)c1ccccc1)C(=O)OCC(=O)c1ccc([N+](=O)[O-])cc1. The van der Waals surface area contributed by atoms with Gasteiger partial charge in [0.05, 0.1) is 4.92 Å². The molecule has 0 bridgehead atoms. The molecule has 0 aliphatic heterocycles. The summed E-state index contributed by atoms with van der Waals surface area (Å²) in [5.74, 6) is -1.61. The van der Waals surface area contributed by atoms with E-state index in [2.05, 4.69) is 5.32 Å². The molecule has 0 saturated heterocycles. The molecule has 3 rings (SSSR count). The predicted octanol–water partition coefficient (Wildman–Crippen LogP) is 5.04. The summed E-state index contributed by atoms with van der Waals surface area (Å²) in [4.78, 5) is 48.2. The number of Topliss-reactive ketones (excluding diaryl/α,β-unsaturated/α-hetero) is 2. The van der Waals surface area contributed by atoms with Crippen LogP contribution in [0.3, 0.4) is 0 Å². The molecular formula is C25H21ClN2O6. The molecule has 0 aromatic heterocycles. The van der Waals surface area contributed by atoms with Crippen molar-refractivity contribution in [3.63, 3.8) is 0 Å². The van der Waals surface area contributed by atoms with E-state index >= 15 is 0 Å². The number of hydrogen-bond donors (Lipinski definition) is 1. The summed E-state index contributed by atoms with van der Waals surface area (Å²) in [5, 5.41) is 14.2. The lowest BCUT2D eigenvalue weighted by atomic mass is 10.0. The van der Waals surface area contributed by atoms with Crippen molar-refractivity contribution in [2.24, 2.45) is 0 Å². The second-order valence-corrected chi connectivity index (χ2v) is 7.92. The molecule has 0 saturated carbocycles. The molecule has 8 nitrogen and oxygen atoms in total. The van der Waals surface area contributed by atoms with Crippen LogP contribution in [0.2, 0.25) is 5.02 Å². The molecular weight excluding hydrogens is 460 g/mol. The zero-order chi connectivity index (χ0) is 24.7. The van der Waals surface area contributed by atoms with Crippen molar-refractivity contribution < 1.29 is 24.0 Å². The second kappa shape index (κ2) is 11.2. The van der Waals surface area contributed by atoms with Crippen molar-refractivity contribution in [1.29, 1.82) is 0 Å². The van der Waals surface area contributed by atoms with E-state index in [9.17, 15) is 24.5 Å². The first-order valence-corrected chi connectivity index (χ1v) is 10.7. The molecule has 0 heterocycles. The fourth-order valence-corrected chi connectivity index (χ4v) is 3.32. The largest absolute Gasteiger partial charge is 0.456 e. The molecule has 0 amide bonds. The van der Waals surface area contributed by atoms with E-state index in [1.807, 2.05) is 6.92 Å². The predicted molar refractivity (Wildman–Crippen MR) is 127 cm³/mol. The number of nitro groups is 1. The lowest BCUT2D eigenvalue weighted by molar-refractivity contribution is -0.384. The Morgan fingerprint density at radius 2 is 1.62 bits per heavy atom. The Balaban J connectivity index is 1.73. The lowest BCUT2D eigenvalue weighted by Crippen LogP contribution is -2.35. The maximum absolute atomic E-state index is 12.9. The van der Waals surface area contributed by atoms with Gasteiger partial charge < -0.3 is 10.1 Å². The number of nitrogens with one attached hydrogen (secondary N) is 1. The smallest absolute Gasteiger partial charge is 0.329 e. The number of carbonyl (C=O) groups is 3. The molecule has 1 N–H and O–H groups in total. The summed E-state index contributed by atoms with van der Waals surface area (Å²) in [7, 11) is 0.